The third-order valence-corrected chi connectivity index (χ3v) is 4.78. The van der Waals surface area contributed by atoms with Crippen molar-refractivity contribution in [1.82, 2.24) is 10.2 Å². The average Bonchev–Trinajstić information content (AvgIpc) is 3.19. The van der Waals surface area contributed by atoms with Gasteiger partial charge in [-0.1, -0.05) is 6.07 Å². The minimum Gasteiger partial charge on any atom is -0.376 e. The number of hydrogen-bond acceptors (Lipinski definition) is 4. The van der Waals surface area contributed by atoms with E-state index in [4.69, 9.17) is 4.74 Å². The largest absolute Gasteiger partial charge is 0.376 e. The molecule has 7 nitrogen and oxygen atoms in total. The monoisotopic (exact) mass is 347 g/mol. The maximum absolute atomic E-state index is 12.3. The standard InChI is InChI=1S/C18H26N4O3/c23-17(20-14-15-4-3-13-25-15)6-7-18(24)22-11-9-21(10-12-22)16-5-1-2-8-19-16/h1-2,5,8,15H,3-4,6-7,9-14H2,(H,20,23)/p+1/t15-/m1/s1. The van der Waals surface area contributed by atoms with Gasteiger partial charge in [-0.2, -0.15) is 0 Å². The summed E-state index contributed by atoms with van der Waals surface area (Å²) in [6.45, 7) is 4.33. The van der Waals surface area contributed by atoms with Crippen LogP contribution < -0.4 is 15.2 Å². The van der Waals surface area contributed by atoms with Crippen molar-refractivity contribution in [2.75, 3.05) is 44.2 Å². The number of nitrogens with zero attached hydrogens (tertiary/aromatic N) is 2. The molecular weight excluding hydrogens is 320 g/mol. The van der Waals surface area contributed by atoms with Gasteiger partial charge in [0.05, 0.1) is 25.4 Å². The molecule has 1 aromatic heterocycles. The summed E-state index contributed by atoms with van der Waals surface area (Å²) in [6, 6.07) is 5.99. The molecule has 3 heterocycles. The highest BCUT2D eigenvalue weighted by Gasteiger charge is 2.26. The van der Waals surface area contributed by atoms with Crippen molar-refractivity contribution in [3.05, 3.63) is 24.4 Å². The molecule has 0 radical (unpaired) electrons. The van der Waals surface area contributed by atoms with Gasteiger partial charge in [-0.15, -0.1) is 0 Å². The molecule has 3 rings (SSSR count). The first-order valence-corrected chi connectivity index (χ1v) is 9.10. The first-order valence-electron chi connectivity index (χ1n) is 9.10. The van der Waals surface area contributed by atoms with E-state index in [0.717, 1.165) is 38.4 Å². The van der Waals surface area contributed by atoms with Crippen LogP contribution in [0.25, 0.3) is 0 Å². The predicted molar refractivity (Wildman–Crippen MR) is 93.0 cm³/mol. The van der Waals surface area contributed by atoms with Gasteiger partial charge in [-0.25, -0.2) is 4.98 Å². The zero-order valence-electron chi connectivity index (χ0n) is 14.6. The molecule has 1 aromatic rings. The zero-order valence-corrected chi connectivity index (χ0v) is 14.6. The van der Waals surface area contributed by atoms with Crippen LogP contribution >= 0.6 is 0 Å². The Labute approximate surface area is 148 Å². The lowest BCUT2D eigenvalue weighted by Gasteiger charge is -2.31. The molecular formula is C18H27N4O3+. The smallest absolute Gasteiger partial charge is 0.274 e. The van der Waals surface area contributed by atoms with Crippen LogP contribution in [-0.4, -0.2) is 62.1 Å². The number of aromatic amines is 1. The molecule has 0 bridgehead atoms. The number of H-pyrrole nitrogens is 1. The molecule has 2 aliphatic heterocycles. The third-order valence-electron chi connectivity index (χ3n) is 4.78. The number of hydrogen-bond donors (Lipinski definition) is 1. The molecule has 0 spiro atoms. The minimum absolute atomic E-state index is 0.0592. The van der Waals surface area contributed by atoms with Crippen molar-refractivity contribution in [3.63, 3.8) is 0 Å². The molecule has 136 valence electrons. The van der Waals surface area contributed by atoms with Crippen LogP contribution in [0.15, 0.2) is 24.4 Å². The molecule has 1 atom stereocenters. The average molecular weight is 347 g/mol. The Morgan fingerprint density at radius 3 is 2.72 bits per heavy atom. The summed E-state index contributed by atoms with van der Waals surface area (Å²) in [7, 11) is 0. The molecule has 2 N–H and O–H groups in total. The van der Waals surface area contributed by atoms with E-state index in [-0.39, 0.29) is 30.8 Å². The van der Waals surface area contributed by atoms with E-state index in [1.807, 2.05) is 29.3 Å². The second-order valence-corrected chi connectivity index (χ2v) is 6.55. The zero-order chi connectivity index (χ0) is 17.5. The van der Waals surface area contributed by atoms with Crippen molar-refractivity contribution in [3.8, 4) is 0 Å². The van der Waals surface area contributed by atoms with Gasteiger partial charge >= 0.3 is 0 Å². The van der Waals surface area contributed by atoms with Crippen molar-refractivity contribution in [2.45, 2.75) is 31.8 Å². The Kier molecular flexibility index (Phi) is 6.22. The third kappa shape index (κ3) is 5.16. The van der Waals surface area contributed by atoms with Gasteiger partial charge < -0.3 is 15.0 Å². The molecule has 25 heavy (non-hydrogen) atoms. The lowest BCUT2D eigenvalue weighted by atomic mass is 10.2. The fraction of sp³-hybridized carbons (Fsp3) is 0.611. The summed E-state index contributed by atoms with van der Waals surface area (Å²) in [4.78, 5) is 31.5. The minimum atomic E-state index is -0.0682. The van der Waals surface area contributed by atoms with E-state index in [9.17, 15) is 9.59 Å². The van der Waals surface area contributed by atoms with Crippen molar-refractivity contribution in [1.29, 1.82) is 0 Å². The Bertz CT molecular complexity index is 567. The van der Waals surface area contributed by atoms with E-state index in [1.54, 1.807) is 0 Å². The topological polar surface area (TPSA) is 76.0 Å². The number of aromatic nitrogens is 1. The van der Waals surface area contributed by atoms with Crippen LogP contribution in [-0.2, 0) is 14.3 Å². The highest BCUT2D eigenvalue weighted by Crippen LogP contribution is 2.12. The highest BCUT2D eigenvalue weighted by atomic mass is 16.5. The number of pyridine rings is 1. The summed E-state index contributed by atoms with van der Waals surface area (Å²) in [5, 5.41) is 2.86. The van der Waals surface area contributed by atoms with Gasteiger partial charge in [0.15, 0.2) is 0 Å². The van der Waals surface area contributed by atoms with Crippen LogP contribution in [0, 0.1) is 0 Å². The number of ether oxygens (including phenoxy) is 1. The lowest BCUT2D eigenvalue weighted by Crippen LogP contribution is -2.50. The number of carbonyl (C=O) groups is 2. The number of amides is 2. The van der Waals surface area contributed by atoms with Gasteiger partial charge in [0.25, 0.3) is 5.82 Å². The maximum atomic E-state index is 12.3. The maximum Gasteiger partial charge on any atom is 0.274 e. The Hall–Kier alpha value is -2.15. The van der Waals surface area contributed by atoms with Gasteiger partial charge in [-0.3, -0.25) is 14.5 Å². The van der Waals surface area contributed by atoms with E-state index < -0.39 is 0 Å². The second kappa shape index (κ2) is 8.80. The van der Waals surface area contributed by atoms with Gasteiger partial charge in [-0.05, 0) is 18.9 Å². The second-order valence-electron chi connectivity index (χ2n) is 6.55. The van der Waals surface area contributed by atoms with Crippen LogP contribution in [0.1, 0.15) is 25.7 Å². The molecule has 2 aliphatic rings. The number of carbonyl (C=O) groups excluding carboxylic acids is 2. The van der Waals surface area contributed by atoms with Crippen LogP contribution in [0.3, 0.4) is 0 Å². The quantitative estimate of drug-likeness (QED) is 0.799. The van der Waals surface area contributed by atoms with E-state index in [2.05, 4.69) is 15.2 Å². The van der Waals surface area contributed by atoms with Gasteiger partial charge in [0.2, 0.25) is 11.8 Å². The Morgan fingerprint density at radius 1 is 1.20 bits per heavy atom. The first kappa shape index (κ1) is 17.7. The molecule has 0 aromatic carbocycles. The summed E-state index contributed by atoms with van der Waals surface area (Å²) < 4.78 is 5.47. The molecule has 0 unspecified atom stereocenters. The summed E-state index contributed by atoms with van der Waals surface area (Å²) in [5.41, 5.74) is 0. The van der Waals surface area contributed by atoms with Crippen molar-refractivity contribution >= 4 is 17.6 Å². The van der Waals surface area contributed by atoms with Gasteiger partial charge in [0.1, 0.15) is 13.1 Å². The van der Waals surface area contributed by atoms with Crippen LogP contribution in [0.2, 0.25) is 0 Å². The first-order chi connectivity index (χ1) is 12.2. The van der Waals surface area contributed by atoms with Crippen LogP contribution in [0.4, 0.5) is 5.82 Å². The summed E-state index contributed by atoms with van der Waals surface area (Å²) in [6.07, 6.45) is 4.63. The van der Waals surface area contributed by atoms with Gasteiger partial charge in [0, 0.05) is 32.1 Å². The summed E-state index contributed by atoms with van der Waals surface area (Å²) in [5.74, 6) is 1.06. The van der Waals surface area contributed by atoms with Crippen LogP contribution in [0.5, 0.6) is 0 Å². The molecule has 2 saturated heterocycles. The van der Waals surface area contributed by atoms with E-state index in [0.29, 0.717) is 19.6 Å². The normalized spacial score (nSPS) is 20.6. The fourth-order valence-corrected chi connectivity index (χ4v) is 3.28. The Morgan fingerprint density at radius 2 is 2.04 bits per heavy atom. The lowest BCUT2D eigenvalue weighted by molar-refractivity contribution is -0.364. The fourth-order valence-electron chi connectivity index (χ4n) is 3.28. The van der Waals surface area contributed by atoms with E-state index in [1.165, 1.54) is 0 Å². The molecule has 0 aliphatic carbocycles. The highest BCUT2D eigenvalue weighted by molar-refractivity contribution is 5.83. The SMILES string of the molecule is O=C(CCC(=O)N1CCN(c2cccc[nH+]2)CC1)NC[C@H]1CCCO1. The molecule has 0 saturated carbocycles. The number of nitrogens with one attached hydrogen (secondary N) is 2. The number of anilines is 1. The molecule has 7 heteroatoms. The number of piperazine rings is 1. The van der Waals surface area contributed by atoms with Crippen molar-refractivity contribution in [2.24, 2.45) is 0 Å². The molecule has 2 amide bonds. The predicted octanol–water partition coefficient (Wildman–Crippen LogP) is 0.225. The van der Waals surface area contributed by atoms with Crippen molar-refractivity contribution < 1.29 is 19.3 Å². The Balaban J connectivity index is 1.34. The van der Waals surface area contributed by atoms with E-state index >= 15 is 0 Å². The summed E-state index contributed by atoms with van der Waals surface area (Å²) >= 11 is 0. The molecule has 2 fully saturated rings. The number of rotatable bonds is 6.